The summed E-state index contributed by atoms with van der Waals surface area (Å²) in [6.45, 7) is 8.61. The van der Waals surface area contributed by atoms with E-state index < -0.39 is 5.91 Å². The summed E-state index contributed by atoms with van der Waals surface area (Å²) in [6.07, 6.45) is 2.32. The maximum Gasteiger partial charge on any atom is 0.266 e. The van der Waals surface area contributed by atoms with Crippen LogP contribution in [0, 0.1) is 25.2 Å². The van der Waals surface area contributed by atoms with Crippen molar-refractivity contribution in [2.75, 3.05) is 18.5 Å². The van der Waals surface area contributed by atoms with Gasteiger partial charge in [0.1, 0.15) is 11.6 Å². The van der Waals surface area contributed by atoms with Crippen molar-refractivity contribution in [1.29, 1.82) is 5.26 Å². The van der Waals surface area contributed by atoms with E-state index in [1.807, 2.05) is 52.0 Å². The predicted octanol–water partition coefficient (Wildman–Crippen LogP) is 5.69. The molecule has 2 aromatic carbocycles. The molecule has 5 nitrogen and oxygen atoms in total. The minimum absolute atomic E-state index is 0.0339. The van der Waals surface area contributed by atoms with Crippen LogP contribution in [0.2, 0.25) is 5.02 Å². The lowest BCUT2D eigenvalue weighted by molar-refractivity contribution is -0.112. The van der Waals surface area contributed by atoms with Crippen molar-refractivity contribution in [1.82, 2.24) is 0 Å². The van der Waals surface area contributed by atoms with E-state index in [4.69, 9.17) is 21.1 Å². The Balaban J connectivity index is 2.36. The van der Waals surface area contributed by atoms with Gasteiger partial charge in [-0.15, -0.1) is 0 Å². The van der Waals surface area contributed by atoms with Crippen molar-refractivity contribution in [3.63, 3.8) is 0 Å². The van der Waals surface area contributed by atoms with Gasteiger partial charge in [0.15, 0.2) is 11.5 Å². The quantitative estimate of drug-likeness (QED) is 0.446. The van der Waals surface area contributed by atoms with Crippen molar-refractivity contribution in [3.8, 4) is 17.6 Å². The van der Waals surface area contributed by atoms with E-state index in [1.54, 1.807) is 12.1 Å². The second-order valence-electron chi connectivity index (χ2n) is 6.50. The number of ether oxygens (including phenoxy) is 2. The normalized spacial score (nSPS) is 11.0. The number of halogens is 1. The van der Waals surface area contributed by atoms with Gasteiger partial charge < -0.3 is 14.8 Å². The topological polar surface area (TPSA) is 71.3 Å². The molecule has 0 aromatic heterocycles. The predicted molar refractivity (Wildman–Crippen MR) is 117 cm³/mol. The monoisotopic (exact) mass is 412 g/mol. The molecular formula is C23H25ClN2O3. The number of nitriles is 1. The van der Waals surface area contributed by atoms with Crippen molar-refractivity contribution in [2.45, 2.75) is 34.1 Å². The first-order valence-corrected chi connectivity index (χ1v) is 9.87. The molecule has 0 aliphatic carbocycles. The van der Waals surface area contributed by atoms with Gasteiger partial charge in [0.05, 0.1) is 18.2 Å². The number of nitrogens with one attached hydrogen (secondary N) is 1. The number of carbonyl (C=O) groups excluding carboxylic acids is 1. The number of carbonyl (C=O) groups is 1. The Bertz CT molecular complexity index is 941. The Morgan fingerprint density at radius 3 is 2.48 bits per heavy atom. The Morgan fingerprint density at radius 2 is 1.90 bits per heavy atom. The molecule has 0 radical (unpaired) electrons. The Labute approximate surface area is 176 Å². The molecule has 0 unspecified atom stereocenters. The average molecular weight is 413 g/mol. The minimum atomic E-state index is -0.481. The van der Waals surface area contributed by atoms with Crippen LogP contribution < -0.4 is 14.8 Å². The highest BCUT2D eigenvalue weighted by Gasteiger charge is 2.15. The van der Waals surface area contributed by atoms with Crippen LogP contribution in [0.3, 0.4) is 0 Å². The standard InChI is InChI=1S/C23H25ClN2O3/c1-5-10-29-22-19(24)12-17(13-20(22)28-6-2)11-18(14-25)23(27)26-21-15(3)8-7-9-16(21)4/h7-9,11-13H,5-6,10H2,1-4H3,(H,26,27)/b18-11+. The summed E-state index contributed by atoms with van der Waals surface area (Å²) in [7, 11) is 0. The summed E-state index contributed by atoms with van der Waals surface area (Å²) < 4.78 is 11.3. The molecule has 6 heteroatoms. The highest BCUT2D eigenvalue weighted by Crippen LogP contribution is 2.37. The molecule has 2 aromatic rings. The van der Waals surface area contributed by atoms with Crippen molar-refractivity contribution >= 4 is 29.3 Å². The third kappa shape index (κ3) is 5.75. The van der Waals surface area contributed by atoms with Crippen LogP contribution in [0.25, 0.3) is 6.08 Å². The first kappa shape index (κ1) is 22.3. The Morgan fingerprint density at radius 1 is 1.21 bits per heavy atom. The molecule has 1 amide bonds. The van der Waals surface area contributed by atoms with Gasteiger partial charge in [-0.3, -0.25) is 4.79 Å². The van der Waals surface area contributed by atoms with E-state index in [0.717, 1.165) is 17.5 Å². The maximum absolute atomic E-state index is 12.7. The number of hydrogen-bond acceptors (Lipinski definition) is 4. The van der Waals surface area contributed by atoms with Gasteiger partial charge in [0.25, 0.3) is 5.91 Å². The second-order valence-corrected chi connectivity index (χ2v) is 6.91. The number of anilines is 1. The van der Waals surface area contributed by atoms with Gasteiger partial charge in [-0.25, -0.2) is 0 Å². The number of aryl methyl sites for hydroxylation is 2. The van der Waals surface area contributed by atoms with Crippen LogP contribution in [0.1, 0.15) is 37.0 Å². The number of nitrogens with zero attached hydrogens (tertiary/aromatic N) is 1. The molecular weight excluding hydrogens is 388 g/mol. The lowest BCUT2D eigenvalue weighted by Crippen LogP contribution is -2.15. The number of hydrogen-bond donors (Lipinski definition) is 1. The zero-order valence-corrected chi connectivity index (χ0v) is 17.9. The molecule has 0 bridgehead atoms. The molecule has 152 valence electrons. The molecule has 1 N–H and O–H groups in total. The molecule has 0 aliphatic heterocycles. The smallest absolute Gasteiger partial charge is 0.266 e. The summed E-state index contributed by atoms with van der Waals surface area (Å²) in [6, 6.07) is 11.1. The van der Waals surface area contributed by atoms with E-state index in [1.165, 1.54) is 6.08 Å². The van der Waals surface area contributed by atoms with Crippen LogP contribution in [-0.4, -0.2) is 19.1 Å². The lowest BCUT2D eigenvalue weighted by atomic mass is 10.1. The van der Waals surface area contributed by atoms with Gasteiger partial charge in [0, 0.05) is 5.69 Å². The Hall–Kier alpha value is -2.97. The van der Waals surface area contributed by atoms with E-state index in [2.05, 4.69) is 5.32 Å². The summed E-state index contributed by atoms with van der Waals surface area (Å²) in [4.78, 5) is 12.7. The van der Waals surface area contributed by atoms with Crippen LogP contribution in [0.4, 0.5) is 5.69 Å². The van der Waals surface area contributed by atoms with Crippen molar-refractivity contribution in [3.05, 3.63) is 57.6 Å². The number of para-hydroxylation sites is 1. The van der Waals surface area contributed by atoms with Gasteiger partial charge in [-0.1, -0.05) is 36.7 Å². The molecule has 2 rings (SSSR count). The largest absolute Gasteiger partial charge is 0.490 e. The molecule has 0 aliphatic rings. The van der Waals surface area contributed by atoms with Crippen LogP contribution >= 0.6 is 11.6 Å². The van der Waals surface area contributed by atoms with Gasteiger partial charge >= 0.3 is 0 Å². The fraction of sp³-hybridized carbons (Fsp3) is 0.304. The average Bonchev–Trinajstić information content (AvgIpc) is 2.68. The number of benzene rings is 2. The summed E-state index contributed by atoms with van der Waals surface area (Å²) in [5, 5.41) is 12.7. The molecule has 0 fully saturated rings. The molecule has 0 heterocycles. The molecule has 0 saturated heterocycles. The SMILES string of the molecule is CCCOc1c(Cl)cc(/C=C(\C#N)C(=O)Nc2c(C)cccc2C)cc1OCC. The first-order chi connectivity index (χ1) is 13.9. The van der Waals surface area contributed by atoms with Crippen molar-refractivity contribution < 1.29 is 14.3 Å². The van der Waals surface area contributed by atoms with E-state index in [-0.39, 0.29) is 5.57 Å². The van der Waals surface area contributed by atoms with E-state index >= 15 is 0 Å². The third-order valence-corrected chi connectivity index (χ3v) is 4.46. The molecule has 0 saturated carbocycles. The first-order valence-electron chi connectivity index (χ1n) is 9.49. The lowest BCUT2D eigenvalue weighted by Gasteiger charge is -2.14. The molecule has 29 heavy (non-hydrogen) atoms. The minimum Gasteiger partial charge on any atom is -0.490 e. The van der Waals surface area contributed by atoms with Crippen LogP contribution in [0.5, 0.6) is 11.5 Å². The number of amides is 1. The van der Waals surface area contributed by atoms with E-state index in [9.17, 15) is 10.1 Å². The van der Waals surface area contributed by atoms with Crippen LogP contribution in [-0.2, 0) is 4.79 Å². The van der Waals surface area contributed by atoms with Crippen LogP contribution in [0.15, 0.2) is 35.9 Å². The van der Waals surface area contributed by atoms with Gasteiger partial charge in [-0.05, 0) is 62.1 Å². The number of rotatable bonds is 8. The highest BCUT2D eigenvalue weighted by atomic mass is 35.5. The summed E-state index contributed by atoms with van der Waals surface area (Å²) >= 11 is 6.37. The summed E-state index contributed by atoms with van der Waals surface area (Å²) in [5.74, 6) is 0.462. The zero-order chi connectivity index (χ0) is 21.4. The summed E-state index contributed by atoms with van der Waals surface area (Å²) in [5.41, 5.74) is 3.10. The fourth-order valence-electron chi connectivity index (χ4n) is 2.79. The third-order valence-electron chi connectivity index (χ3n) is 4.18. The fourth-order valence-corrected chi connectivity index (χ4v) is 3.06. The molecule has 0 spiro atoms. The van der Waals surface area contributed by atoms with E-state index in [0.29, 0.717) is 41.0 Å². The maximum atomic E-state index is 12.7. The molecule has 0 atom stereocenters. The second kappa shape index (κ2) is 10.5. The van der Waals surface area contributed by atoms with Crippen molar-refractivity contribution in [2.24, 2.45) is 0 Å². The zero-order valence-electron chi connectivity index (χ0n) is 17.1. The van der Waals surface area contributed by atoms with Gasteiger partial charge in [-0.2, -0.15) is 5.26 Å². The van der Waals surface area contributed by atoms with Gasteiger partial charge in [0.2, 0.25) is 0 Å². The highest BCUT2D eigenvalue weighted by molar-refractivity contribution is 6.32. The Kier molecular flexibility index (Phi) is 8.11.